The molecule has 0 bridgehead atoms. The number of halogens is 1. The molecular weight excluding hydrogens is 359 g/mol. The third-order valence-corrected chi connectivity index (χ3v) is 5.64. The highest BCUT2D eigenvalue weighted by Crippen LogP contribution is 2.27. The van der Waals surface area contributed by atoms with Crippen molar-refractivity contribution in [2.45, 2.75) is 51.3 Å². The number of nitrogens with zero attached hydrogens (tertiary/aromatic N) is 2. The van der Waals surface area contributed by atoms with Crippen molar-refractivity contribution in [2.24, 2.45) is 10.9 Å². The lowest BCUT2D eigenvalue weighted by Crippen LogP contribution is -2.45. The first-order chi connectivity index (χ1) is 13.6. The number of rotatable bonds is 6. The quantitative estimate of drug-likeness (QED) is 0.578. The Morgan fingerprint density at radius 3 is 2.82 bits per heavy atom. The second-order valence-electron chi connectivity index (χ2n) is 7.68. The number of hydrogen-bond acceptors (Lipinski definition) is 3. The minimum Gasteiger partial charge on any atom is -0.380 e. The molecular formula is C21H31FN4O2. The van der Waals surface area contributed by atoms with Crippen LogP contribution in [0.1, 0.15) is 43.2 Å². The fourth-order valence-corrected chi connectivity index (χ4v) is 4.09. The Bertz CT molecular complexity index is 704. The summed E-state index contributed by atoms with van der Waals surface area (Å²) in [5.74, 6) is 0.988. The topological polar surface area (TPSA) is 66.0 Å². The van der Waals surface area contributed by atoms with E-state index in [4.69, 9.17) is 4.74 Å². The SMILES string of the molecule is CN=C(NCc1ccc(F)c(COC)c1)NC1CCN(C(=O)C2CCCC2)C1. The summed E-state index contributed by atoms with van der Waals surface area (Å²) in [7, 11) is 3.28. The minimum atomic E-state index is -0.258. The summed E-state index contributed by atoms with van der Waals surface area (Å²) in [5.41, 5.74) is 1.50. The van der Waals surface area contributed by atoms with Crippen LogP contribution in [0.2, 0.25) is 0 Å². The summed E-state index contributed by atoms with van der Waals surface area (Å²) in [4.78, 5) is 18.9. The first-order valence-electron chi connectivity index (χ1n) is 10.1. The number of aliphatic imine (C=N–C) groups is 1. The Morgan fingerprint density at radius 2 is 2.11 bits per heavy atom. The molecule has 7 heteroatoms. The second-order valence-corrected chi connectivity index (χ2v) is 7.68. The fourth-order valence-electron chi connectivity index (χ4n) is 4.09. The van der Waals surface area contributed by atoms with E-state index in [1.165, 1.54) is 18.9 Å². The van der Waals surface area contributed by atoms with E-state index >= 15 is 0 Å². The maximum atomic E-state index is 13.7. The fraction of sp³-hybridized carbons (Fsp3) is 0.619. The summed E-state index contributed by atoms with van der Waals surface area (Å²) >= 11 is 0. The van der Waals surface area contributed by atoms with Gasteiger partial charge in [0, 0.05) is 51.3 Å². The molecule has 1 aliphatic carbocycles. The Balaban J connectivity index is 1.48. The average Bonchev–Trinajstić information content (AvgIpc) is 3.39. The molecule has 1 saturated carbocycles. The van der Waals surface area contributed by atoms with E-state index < -0.39 is 0 Å². The summed E-state index contributed by atoms with van der Waals surface area (Å²) in [6.07, 6.45) is 5.36. The van der Waals surface area contributed by atoms with Crippen LogP contribution < -0.4 is 10.6 Å². The van der Waals surface area contributed by atoms with Gasteiger partial charge in [-0.3, -0.25) is 9.79 Å². The van der Waals surface area contributed by atoms with Gasteiger partial charge in [-0.1, -0.05) is 18.9 Å². The molecule has 2 aliphatic rings. The predicted octanol–water partition coefficient (Wildman–Crippen LogP) is 2.43. The number of nitrogens with one attached hydrogen (secondary N) is 2. The van der Waals surface area contributed by atoms with Gasteiger partial charge in [-0.05, 0) is 37.0 Å². The zero-order valence-corrected chi connectivity index (χ0v) is 16.8. The van der Waals surface area contributed by atoms with E-state index in [-0.39, 0.29) is 24.4 Å². The second kappa shape index (κ2) is 9.87. The monoisotopic (exact) mass is 390 g/mol. The molecule has 1 amide bonds. The number of likely N-dealkylation sites (tertiary alicyclic amines) is 1. The highest BCUT2D eigenvalue weighted by molar-refractivity contribution is 5.81. The number of guanidine groups is 1. The van der Waals surface area contributed by atoms with Crippen LogP contribution in [-0.4, -0.2) is 50.1 Å². The molecule has 1 aromatic rings. The number of amides is 1. The van der Waals surface area contributed by atoms with Gasteiger partial charge < -0.3 is 20.3 Å². The molecule has 3 rings (SSSR count). The number of methoxy groups -OCH3 is 1. The summed E-state index contributed by atoms with van der Waals surface area (Å²) in [6, 6.07) is 5.22. The number of ether oxygens (including phenoxy) is 1. The lowest BCUT2D eigenvalue weighted by Gasteiger charge is -2.21. The smallest absolute Gasteiger partial charge is 0.225 e. The lowest BCUT2D eigenvalue weighted by atomic mass is 10.1. The van der Waals surface area contributed by atoms with Gasteiger partial charge in [0.05, 0.1) is 6.61 Å². The van der Waals surface area contributed by atoms with Crippen LogP contribution >= 0.6 is 0 Å². The van der Waals surface area contributed by atoms with E-state index in [9.17, 15) is 9.18 Å². The van der Waals surface area contributed by atoms with Crippen molar-refractivity contribution in [1.82, 2.24) is 15.5 Å². The van der Waals surface area contributed by atoms with E-state index in [1.807, 2.05) is 4.90 Å². The Labute approximate surface area is 166 Å². The van der Waals surface area contributed by atoms with Crippen LogP contribution in [0, 0.1) is 11.7 Å². The summed E-state index contributed by atoms with van der Waals surface area (Å²) < 4.78 is 18.8. The zero-order valence-electron chi connectivity index (χ0n) is 16.8. The first-order valence-corrected chi connectivity index (χ1v) is 10.1. The van der Waals surface area contributed by atoms with Crippen molar-refractivity contribution >= 4 is 11.9 Å². The summed E-state index contributed by atoms with van der Waals surface area (Å²) in [5, 5.41) is 6.68. The van der Waals surface area contributed by atoms with Crippen molar-refractivity contribution in [1.29, 1.82) is 0 Å². The van der Waals surface area contributed by atoms with Crippen molar-refractivity contribution in [2.75, 3.05) is 27.2 Å². The molecule has 1 aromatic carbocycles. The molecule has 1 unspecified atom stereocenters. The van der Waals surface area contributed by atoms with Crippen LogP contribution in [0.5, 0.6) is 0 Å². The highest BCUT2D eigenvalue weighted by Gasteiger charge is 2.32. The molecule has 0 radical (unpaired) electrons. The molecule has 154 valence electrons. The average molecular weight is 391 g/mol. The van der Waals surface area contributed by atoms with Gasteiger partial charge in [0.1, 0.15) is 5.82 Å². The molecule has 2 N–H and O–H groups in total. The predicted molar refractivity (Wildman–Crippen MR) is 107 cm³/mol. The Kier molecular flexibility index (Phi) is 7.25. The Morgan fingerprint density at radius 1 is 1.32 bits per heavy atom. The van der Waals surface area contributed by atoms with Gasteiger partial charge in [0.25, 0.3) is 0 Å². The van der Waals surface area contributed by atoms with Gasteiger partial charge in [-0.25, -0.2) is 4.39 Å². The zero-order chi connectivity index (χ0) is 19.9. The van der Waals surface area contributed by atoms with Crippen LogP contribution in [-0.2, 0) is 22.7 Å². The van der Waals surface area contributed by atoms with Crippen LogP contribution in [0.15, 0.2) is 23.2 Å². The van der Waals surface area contributed by atoms with E-state index in [0.29, 0.717) is 24.0 Å². The number of carbonyl (C=O) groups is 1. The molecule has 6 nitrogen and oxygen atoms in total. The minimum absolute atomic E-state index is 0.203. The number of hydrogen-bond donors (Lipinski definition) is 2. The third-order valence-electron chi connectivity index (χ3n) is 5.64. The Hall–Kier alpha value is -2.15. The van der Waals surface area contributed by atoms with Crippen LogP contribution in [0.3, 0.4) is 0 Å². The van der Waals surface area contributed by atoms with Gasteiger partial charge in [-0.2, -0.15) is 0 Å². The normalized spacial score (nSPS) is 20.6. The lowest BCUT2D eigenvalue weighted by molar-refractivity contribution is -0.134. The summed E-state index contributed by atoms with van der Waals surface area (Å²) in [6.45, 7) is 2.32. The molecule has 1 aliphatic heterocycles. The van der Waals surface area contributed by atoms with Gasteiger partial charge in [-0.15, -0.1) is 0 Å². The molecule has 1 saturated heterocycles. The standard InChI is InChI=1S/C21H31FN4O2/c1-23-21(24-12-15-7-8-19(22)17(11-15)14-28-2)25-18-9-10-26(13-18)20(27)16-5-3-4-6-16/h7-8,11,16,18H,3-6,9-10,12-14H2,1-2H3,(H2,23,24,25). The van der Waals surface area contributed by atoms with E-state index in [2.05, 4.69) is 15.6 Å². The maximum Gasteiger partial charge on any atom is 0.225 e. The molecule has 0 aromatic heterocycles. The molecule has 0 spiro atoms. The molecule has 1 atom stereocenters. The van der Waals surface area contributed by atoms with E-state index in [1.54, 1.807) is 26.3 Å². The van der Waals surface area contributed by atoms with Crippen molar-refractivity contribution in [3.8, 4) is 0 Å². The number of benzene rings is 1. The van der Waals surface area contributed by atoms with E-state index in [0.717, 1.165) is 37.9 Å². The largest absolute Gasteiger partial charge is 0.380 e. The van der Waals surface area contributed by atoms with Gasteiger partial charge in [0.2, 0.25) is 5.91 Å². The highest BCUT2D eigenvalue weighted by atomic mass is 19.1. The molecule has 1 heterocycles. The van der Waals surface area contributed by atoms with Crippen LogP contribution in [0.25, 0.3) is 0 Å². The maximum absolute atomic E-state index is 13.7. The van der Waals surface area contributed by atoms with Crippen molar-refractivity contribution in [3.63, 3.8) is 0 Å². The van der Waals surface area contributed by atoms with Gasteiger partial charge in [0.15, 0.2) is 5.96 Å². The van der Waals surface area contributed by atoms with Crippen molar-refractivity contribution in [3.05, 3.63) is 35.1 Å². The van der Waals surface area contributed by atoms with Crippen molar-refractivity contribution < 1.29 is 13.9 Å². The van der Waals surface area contributed by atoms with Crippen LogP contribution in [0.4, 0.5) is 4.39 Å². The van der Waals surface area contributed by atoms with Gasteiger partial charge >= 0.3 is 0 Å². The number of carbonyl (C=O) groups excluding carboxylic acids is 1. The third kappa shape index (κ3) is 5.22. The molecule has 28 heavy (non-hydrogen) atoms. The first kappa shape index (κ1) is 20.6. The molecule has 2 fully saturated rings.